The minimum absolute atomic E-state index is 0.0273. The zero-order chi connectivity index (χ0) is 18.2. The Morgan fingerprint density at radius 1 is 1.16 bits per heavy atom. The van der Waals surface area contributed by atoms with Crippen molar-refractivity contribution in [3.8, 4) is 5.75 Å². The first-order chi connectivity index (χ1) is 12.0. The van der Waals surface area contributed by atoms with Gasteiger partial charge in [-0.3, -0.25) is 14.4 Å². The van der Waals surface area contributed by atoms with E-state index in [0.29, 0.717) is 37.2 Å². The second kappa shape index (κ2) is 9.05. The molecule has 1 heterocycles. The number of carbonyl (C=O) groups is 3. The molecule has 1 aliphatic rings. The zero-order valence-corrected chi connectivity index (χ0v) is 14.6. The largest absolute Gasteiger partial charge is 0.497 e. The van der Waals surface area contributed by atoms with E-state index in [1.807, 2.05) is 0 Å². The van der Waals surface area contributed by atoms with Gasteiger partial charge in [-0.2, -0.15) is 0 Å². The lowest BCUT2D eigenvalue weighted by molar-refractivity contribution is -0.142. The Balaban J connectivity index is 1.79. The Labute approximate surface area is 147 Å². The van der Waals surface area contributed by atoms with Gasteiger partial charge in [0.2, 0.25) is 5.91 Å². The number of ether oxygens (including phenoxy) is 2. The number of rotatable bonds is 6. The van der Waals surface area contributed by atoms with E-state index in [1.54, 1.807) is 36.3 Å². The van der Waals surface area contributed by atoms with Crippen molar-refractivity contribution in [1.82, 2.24) is 10.2 Å². The number of hydrogen-bond acceptors (Lipinski definition) is 5. The van der Waals surface area contributed by atoms with Crippen LogP contribution in [0, 0.1) is 0 Å². The quantitative estimate of drug-likeness (QED) is 0.785. The third-order valence-corrected chi connectivity index (χ3v) is 4.25. The summed E-state index contributed by atoms with van der Waals surface area (Å²) >= 11 is 0. The molecule has 0 spiro atoms. The lowest BCUT2D eigenvalue weighted by Crippen LogP contribution is -2.46. The summed E-state index contributed by atoms with van der Waals surface area (Å²) in [6, 6.07) is 7.11. The first-order valence-corrected chi connectivity index (χ1v) is 8.33. The first kappa shape index (κ1) is 18.8. The summed E-state index contributed by atoms with van der Waals surface area (Å²) in [5.74, 6) is 0.0600. The summed E-state index contributed by atoms with van der Waals surface area (Å²) in [6.07, 6.45) is 1.59. The van der Waals surface area contributed by atoms with E-state index >= 15 is 0 Å². The van der Waals surface area contributed by atoms with Crippen LogP contribution in [0.25, 0.3) is 0 Å². The van der Waals surface area contributed by atoms with E-state index in [2.05, 4.69) is 10.1 Å². The maximum Gasteiger partial charge on any atom is 0.306 e. The molecular formula is C18H24N2O5. The summed E-state index contributed by atoms with van der Waals surface area (Å²) in [7, 11) is 2.87. The number of carbonyl (C=O) groups excluding carboxylic acids is 3. The highest BCUT2D eigenvalue weighted by molar-refractivity contribution is 5.94. The molecule has 25 heavy (non-hydrogen) atoms. The maximum absolute atomic E-state index is 12.5. The van der Waals surface area contributed by atoms with E-state index in [1.165, 1.54) is 7.11 Å². The second-order valence-corrected chi connectivity index (χ2v) is 5.94. The molecule has 0 unspecified atom stereocenters. The van der Waals surface area contributed by atoms with Crippen LogP contribution >= 0.6 is 0 Å². The molecule has 0 aliphatic carbocycles. The van der Waals surface area contributed by atoms with Gasteiger partial charge in [0.05, 0.1) is 20.6 Å². The summed E-state index contributed by atoms with van der Waals surface area (Å²) < 4.78 is 9.67. The number of amides is 2. The number of piperidine rings is 1. The zero-order valence-electron chi connectivity index (χ0n) is 14.6. The summed E-state index contributed by atoms with van der Waals surface area (Å²) in [5, 5.41) is 2.91. The molecule has 7 heteroatoms. The molecule has 7 nitrogen and oxygen atoms in total. The molecule has 0 bridgehead atoms. The maximum atomic E-state index is 12.5. The van der Waals surface area contributed by atoms with Crippen molar-refractivity contribution in [1.29, 1.82) is 0 Å². The number of esters is 1. The molecule has 1 N–H and O–H groups in total. The van der Waals surface area contributed by atoms with Crippen molar-refractivity contribution < 1.29 is 23.9 Å². The molecule has 136 valence electrons. The molecule has 1 fully saturated rings. The Morgan fingerprint density at radius 2 is 1.88 bits per heavy atom. The highest BCUT2D eigenvalue weighted by Gasteiger charge is 2.24. The smallest absolute Gasteiger partial charge is 0.306 e. The van der Waals surface area contributed by atoms with Crippen LogP contribution in [0.1, 0.15) is 36.0 Å². The fourth-order valence-electron chi connectivity index (χ4n) is 2.78. The van der Waals surface area contributed by atoms with Gasteiger partial charge in [-0.25, -0.2) is 0 Å². The van der Waals surface area contributed by atoms with Crippen LogP contribution in [0.2, 0.25) is 0 Å². The fraction of sp³-hybridized carbons (Fsp3) is 0.500. The average Bonchev–Trinajstić information content (AvgIpc) is 2.66. The van der Waals surface area contributed by atoms with E-state index in [9.17, 15) is 14.4 Å². The Hall–Kier alpha value is -2.57. The average molecular weight is 348 g/mol. The lowest BCUT2D eigenvalue weighted by Gasteiger charge is -2.32. The molecule has 1 aromatic rings. The van der Waals surface area contributed by atoms with Gasteiger partial charge in [0.15, 0.2) is 0 Å². The Morgan fingerprint density at radius 3 is 2.52 bits per heavy atom. The van der Waals surface area contributed by atoms with Crippen molar-refractivity contribution in [2.45, 2.75) is 31.7 Å². The molecular weight excluding hydrogens is 324 g/mol. The summed E-state index contributed by atoms with van der Waals surface area (Å²) in [5.41, 5.74) is 0.597. The van der Waals surface area contributed by atoms with Gasteiger partial charge in [-0.05, 0) is 31.0 Å². The normalized spacial score (nSPS) is 14.7. The first-order valence-electron chi connectivity index (χ1n) is 8.33. The number of nitrogens with zero attached hydrogens (tertiary/aromatic N) is 1. The van der Waals surface area contributed by atoms with Crippen LogP contribution in [0.15, 0.2) is 24.3 Å². The van der Waals surface area contributed by atoms with Crippen molar-refractivity contribution in [2.24, 2.45) is 0 Å². The third kappa shape index (κ3) is 5.48. The second-order valence-electron chi connectivity index (χ2n) is 5.94. The minimum Gasteiger partial charge on any atom is -0.497 e. The van der Waals surface area contributed by atoms with E-state index in [-0.39, 0.29) is 30.7 Å². The van der Waals surface area contributed by atoms with E-state index < -0.39 is 5.97 Å². The Bertz CT molecular complexity index is 624. The molecule has 1 saturated heterocycles. The van der Waals surface area contributed by atoms with Gasteiger partial charge < -0.3 is 19.7 Å². The van der Waals surface area contributed by atoms with Crippen LogP contribution in [-0.2, 0) is 14.3 Å². The van der Waals surface area contributed by atoms with Crippen molar-refractivity contribution in [3.05, 3.63) is 29.8 Å². The van der Waals surface area contributed by atoms with Crippen molar-refractivity contribution in [3.63, 3.8) is 0 Å². The summed E-state index contributed by atoms with van der Waals surface area (Å²) in [6.45, 7) is 1.16. The van der Waals surface area contributed by atoms with Crippen LogP contribution < -0.4 is 10.1 Å². The highest BCUT2D eigenvalue weighted by atomic mass is 16.5. The van der Waals surface area contributed by atoms with Crippen molar-refractivity contribution in [2.75, 3.05) is 27.3 Å². The molecule has 2 rings (SSSR count). The molecule has 2 amide bonds. The molecule has 1 aromatic carbocycles. The summed E-state index contributed by atoms with van der Waals surface area (Å²) in [4.78, 5) is 37.2. The highest BCUT2D eigenvalue weighted by Crippen LogP contribution is 2.18. The topological polar surface area (TPSA) is 84.9 Å². The number of likely N-dealkylation sites (tertiary alicyclic amines) is 1. The van der Waals surface area contributed by atoms with Crippen LogP contribution in [0.3, 0.4) is 0 Å². The minimum atomic E-state index is -0.395. The number of methoxy groups -OCH3 is 2. The SMILES string of the molecule is COC(=O)CCC(=O)NC1CCN(C(=O)c2cccc(OC)c2)CC1. The monoisotopic (exact) mass is 348 g/mol. The molecule has 0 aromatic heterocycles. The number of hydrogen-bond donors (Lipinski definition) is 1. The third-order valence-electron chi connectivity index (χ3n) is 4.25. The fourth-order valence-corrected chi connectivity index (χ4v) is 2.78. The van der Waals surface area contributed by atoms with Crippen molar-refractivity contribution >= 4 is 17.8 Å². The van der Waals surface area contributed by atoms with Crippen LogP contribution in [-0.4, -0.2) is 56.0 Å². The van der Waals surface area contributed by atoms with Gasteiger partial charge in [-0.1, -0.05) is 6.07 Å². The van der Waals surface area contributed by atoms with Gasteiger partial charge in [0.1, 0.15) is 5.75 Å². The van der Waals surface area contributed by atoms with Crippen LogP contribution in [0.4, 0.5) is 0 Å². The molecule has 0 radical (unpaired) electrons. The predicted octanol–water partition coefficient (Wildman–Crippen LogP) is 1.37. The van der Waals surface area contributed by atoms with Gasteiger partial charge in [0, 0.05) is 31.1 Å². The van der Waals surface area contributed by atoms with Gasteiger partial charge in [0.25, 0.3) is 5.91 Å². The van der Waals surface area contributed by atoms with E-state index in [4.69, 9.17) is 4.74 Å². The standard InChI is InChI=1S/C18H24N2O5/c1-24-15-5-3-4-13(12-15)18(23)20-10-8-14(9-11-20)19-16(21)6-7-17(22)25-2/h3-5,12,14H,6-11H2,1-2H3,(H,19,21). The molecule has 0 saturated carbocycles. The number of benzene rings is 1. The predicted molar refractivity (Wildman–Crippen MR) is 91.3 cm³/mol. The van der Waals surface area contributed by atoms with Gasteiger partial charge in [-0.15, -0.1) is 0 Å². The molecule has 0 atom stereocenters. The lowest BCUT2D eigenvalue weighted by atomic mass is 10.0. The van der Waals surface area contributed by atoms with Crippen LogP contribution in [0.5, 0.6) is 5.75 Å². The van der Waals surface area contributed by atoms with Gasteiger partial charge >= 0.3 is 5.97 Å². The Kier molecular flexibility index (Phi) is 6.80. The molecule has 1 aliphatic heterocycles. The number of nitrogens with one attached hydrogen (secondary N) is 1. The van der Waals surface area contributed by atoms with E-state index in [0.717, 1.165) is 0 Å².